The Balaban J connectivity index is 3.01. The molecule has 0 amide bonds. The zero-order valence-corrected chi connectivity index (χ0v) is 7.51. The van der Waals surface area contributed by atoms with Crippen LogP contribution in [0.15, 0.2) is 12.1 Å². The summed E-state index contributed by atoms with van der Waals surface area (Å²) in [4.78, 5) is 3.54. The number of terminal acetylenes is 1. The van der Waals surface area contributed by atoms with Gasteiger partial charge in [0.2, 0.25) is 5.88 Å². The highest BCUT2D eigenvalue weighted by Crippen LogP contribution is 2.31. The Kier molecular flexibility index (Phi) is 3.04. The van der Waals surface area contributed by atoms with Gasteiger partial charge >= 0.3 is 6.18 Å². The fourth-order valence-corrected chi connectivity index (χ4v) is 0.879. The van der Waals surface area contributed by atoms with E-state index in [4.69, 9.17) is 16.9 Å². The first-order chi connectivity index (χ1) is 6.93. The molecule has 0 bridgehead atoms. The Morgan fingerprint density at radius 2 is 2.13 bits per heavy atom. The standard InChI is InChI=1S/C9H7F3N2O/c1-2-3-15-8-5-6(9(10,11)12)4-7(13)14-8/h1,4-5H,3H2,(H2,13,14). The number of hydrogen-bond donors (Lipinski definition) is 1. The molecule has 6 heteroatoms. The predicted molar refractivity (Wildman–Crippen MR) is 48.0 cm³/mol. The van der Waals surface area contributed by atoms with Crippen molar-refractivity contribution in [1.29, 1.82) is 0 Å². The van der Waals surface area contributed by atoms with Gasteiger partial charge in [0.1, 0.15) is 5.82 Å². The topological polar surface area (TPSA) is 48.1 Å². The highest BCUT2D eigenvalue weighted by molar-refractivity contribution is 5.38. The van der Waals surface area contributed by atoms with E-state index in [1.807, 2.05) is 0 Å². The molecule has 80 valence electrons. The van der Waals surface area contributed by atoms with Crippen LogP contribution in [0.4, 0.5) is 19.0 Å². The average molecular weight is 216 g/mol. The summed E-state index contributed by atoms with van der Waals surface area (Å²) >= 11 is 0. The summed E-state index contributed by atoms with van der Waals surface area (Å²) < 4.78 is 41.6. The van der Waals surface area contributed by atoms with Crippen LogP contribution in [0.1, 0.15) is 5.56 Å². The van der Waals surface area contributed by atoms with Gasteiger partial charge in [0.15, 0.2) is 6.61 Å². The minimum atomic E-state index is -4.48. The number of alkyl halides is 3. The first-order valence-corrected chi connectivity index (χ1v) is 3.84. The first kappa shape index (κ1) is 11.2. The minimum Gasteiger partial charge on any atom is -0.464 e. The number of anilines is 1. The van der Waals surface area contributed by atoms with E-state index >= 15 is 0 Å². The molecule has 0 radical (unpaired) electrons. The molecule has 0 aliphatic carbocycles. The molecule has 0 saturated carbocycles. The van der Waals surface area contributed by atoms with Gasteiger partial charge in [0, 0.05) is 6.07 Å². The lowest BCUT2D eigenvalue weighted by Gasteiger charge is -2.09. The smallest absolute Gasteiger partial charge is 0.416 e. The van der Waals surface area contributed by atoms with Gasteiger partial charge in [-0.15, -0.1) is 6.42 Å². The van der Waals surface area contributed by atoms with Gasteiger partial charge in [0.25, 0.3) is 0 Å². The number of nitrogens with zero attached hydrogens (tertiary/aromatic N) is 1. The van der Waals surface area contributed by atoms with E-state index < -0.39 is 11.7 Å². The SMILES string of the molecule is C#CCOc1cc(C(F)(F)F)cc(N)n1. The van der Waals surface area contributed by atoms with E-state index in [0.717, 1.165) is 12.1 Å². The van der Waals surface area contributed by atoms with Crippen LogP contribution in [0, 0.1) is 12.3 Å². The lowest BCUT2D eigenvalue weighted by Crippen LogP contribution is -2.08. The molecular weight excluding hydrogens is 209 g/mol. The molecule has 3 nitrogen and oxygen atoms in total. The highest BCUT2D eigenvalue weighted by atomic mass is 19.4. The van der Waals surface area contributed by atoms with Gasteiger partial charge in [0.05, 0.1) is 5.56 Å². The van der Waals surface area contributed by atoms with Crippen molar-refractivity contribution >= 4 is 5.82 Å². The van der Waals surface area contributed by atoms with Crippen LogP contribution in [-0.4, -0.2) is 11.6 Å². The number of ether oxygens (including phenoxy) is 1. The van der Waals surface area contributed by atoms with Crippen LogP contribution < -0.4 is 10.5 Å². The van der Waals surface area contributed by atoms with E-state index in [-0.39, 0.29) is 18.3 Å². The van der Waals surface area contributed by atoms with Crippen molar-refractivity contribution in [2.24, 2.45) is 0 Å². The van der Waals surface area contributed by atoms with Crippen LogP contribution in [-0.2, 0) is 6.18 Å². The van der Waals surface area contributed by atoms with E-state index in [1.54, 1.807) is 0 Å². The lowest BCUT2D eigenvalue weighted by atomic mass is 10.2. The number of nitrogens with two attached hydrogens (primary N) is 1. The van der Waals surface area contributed by atoms with Crippen molar-refractivity contribution in [2.75, 3.05) is 12.3 Å². The van der Waals surface area contributed by atoms with Crippen molar-refractivity contribution in [3.8, 4) is 18.2 Å². The van der Waals surface area contributed by atoms with Gasteiger partial charge in [-0.2, -0.15) is 18.2 Å². The molecule has 0 fully saturated rings. The zero-order chi connectivity index (χ0) is 11.5. The molecule has 0 aromatic carbocycles. The van der Waals surface area contributed by atoms with Gasteiger partial charge < -0.3 is 10.5 Å². The number of pyridine rings is 1. The maximum atomic E-state index is 12.3. The second-order valence-corrected chi connectivity index (χ2v) is 2.61. The van der Waals surface area contributed by atoms with E-state index in [2.05, 4.69) is 10.9 Å². The van der Waals surface area contributed by atoms with Crippen LogP contribution in [0.5, 0.6) is 5.88 Å². The fraction of sp³-hybridized carbons (Fsp3) is 0.222. The third-order valence-corrected chi connectivity index (χ3v) is 1.45. The molecule has 0 unspecified atom stereocenters. The number of halogens is 3. The van der Waals surface area contributed by atoms with Crippen LogP contribution in [0.25, 0.3) is 0 Å². The van der Waals surface area contributed by atoms with Crippen molar-refractivity contribution in [1.82, 2.24) is 4.98 Å². The summed E-state index contributed by atoms with van der Waals surface area (Å²) in [6.07, 6.45) is 0.401. The average Bonchev–Trinajstić information content (AvgIpc) is 2.12. The maximum Gasteiger partial charge on any atom is 0.416 e. The summed E-state index contributed by atoms with van der Waals surface area (Å²) in [5.41, 5.74) is 4.27. The van der Waals surface area contributed by atoms with Gasteiger partial charge in [-0.1, -0.05) is 5.92 Å². The summed E-state index contributed by atoms with van der Waals surface area (Å²) in [7, 11) is 0. The fourth-order valence-electron chi connectivity index (χ4n) is 0.879. The second-order valence-electron chi connectivity index (χ2n) is 2.61. The molecule has 1 aromatic rings. The molecule has 1 aromatic heterocycles. The van der Waals surface area contributed by atoms with Gasteiger partial charge in [-0.25, -0.2) is 0 Å². The molecular formula is C9H7F3N2O. The molecule has 2 N–H and O–H groups in total. The van der Waals surface area contributed by atoms with Crippen molar-refractivity contribution < 1.29 is 17.9 Å². The van der Waals surface area contributed by atoms with Crippen LogP contribution >= 0.6 is 0 Å². The molecule has 1 rings (SSSR count). The Morgan fingerprint density at radius 1 is 1.47 bits per heavy atom. The summed E-state index contributed by atoms with van der Waals surface area (Å²) in [5, 5.41) is 0. The highest BCUT2D eigenvalue weighted by Gasteiger charge is 2.31. The number of rotatable bonds is 2. The largest absolute Gasteiger partial charge is 0.464 e. The molecule has 0 saturated heterocycles. The maximum absolute atomic E-state index is 12.3. The molecule has 0 aliphatic rings. The second kappa shape index (κ2) is 4.09. The monoisotopic (exact) mass is 216 g/mol. The van der Waals surface area contributed by atoms with E-state index in [9.17, 15) is 13.2 Å². The lowest BCUT2D eigenvalue weighted by molar-refractivity contribution is -0.137. The number of hydrogen-bond acceptors (Lipinski definition) is 3. The zero-order valence-electron chi connectivity index (χ0n) is 7.51. The van der Waals surface area contributed by atoms with Gasteiger partial charge in [-0.3, -0.25) is 0 Å². The Hall–Kier alpha value is -1.90. The predicted octanol–water partition coefficient (Wildman–Crippen LogP) is 1.69. The van der Waals surface area contributed by atoms with Crippen LogP contribution in [0.2, 0.25) is 0 Å². The third kappa shape index (κ3) is 3.06. The molecule has 15 heavy (non-hydrogen) atoms. The Bertz CT molecular complexity index is 395. The third-order valence-electron chi connectivity index (χ3n) is 1.45. The summed E-state index contributed by atoms with van der Waals surface area (Å²) in [6, 6.07) is 1.47. The van der Waals surface area contributed by atoms with Crippen molar-refractivity contribution in [2.45, 2.75) is 6.18 Å². The van der Waals surface area contributed by atoms with Gasteiger partial charge in [-0.05, 0) is 6.07 Å². The normalized spacial score (nSPS) is 10.8. The number of aromatic nitrogens is 1. The van der Waals surface area contributed by atoms with E-state index in [0.29, 0.717) is 0 Å². The molecule has 1 heterocycles. The summed E-state index contributed by atoms with van der Waals surface area (Å²) in [5.74, 6) is 1.61. The van der Waals surface area contributed by atoms with Crippen molar-refractivity contribution in [3.05, 3.63) is 17.7 Å². The number of nitrogen functional groups attached to an aromatic ring is 1. The molecule has 0 atom stereocenters. The molecule has 0 spiro atoms. The summed E-state index contributed by atoms with van der Waals surface area (Å²) in [6.45, 7) is -0.159. The Labute approximate surface area is 84.1 Å². The van der Waals surface area contributed by atoms with Crippen molar-refractivity contribution in [3.63, 3.8) is 0 Å². The van der Waals surface area contributed by atoms with E-state index in [1.165, 1.54) is 0 Å². The quantitative estimate of drug-likeness (QED) is 0.765. The van der Waals surface area contributed by atoms with Crippen LogP contribution in [0.3, 0.4) is 0 Å². The minimum absolute atomic E-state index is 0.159. The molecule has 0 aliphatic heterocycles. The Morgan fingerprint density at radius 3 is 2.67 bits per heavy atom. The first-order valence-electron chi connectivity index (χ1n) is 3.84.